The number of rotatable bonds is 5. The number of carbonyl (C=O) groups is 2. The van der Waals surface area contributed by atoms with Crippen molar-refractivity contribution in [3.05, 3.63) is 35.9 Å². The van der Waals surface area contributed by atoms with Gasteiger partial charge in [-0.2, -0.15) is 0 Å². The molecule has 26 heavy (non-hydrogen) atoms. The Hall–Kier alpha value is -1.88. The van der Waals surface area contributed by atoms with Gasteiger partial charge in [0, 0.05) is 32.8 Å². The number of amides is 2. The summed E-state index contributed by atoms with van der Waals surface area (Å²) in [5, 5.41) is 0. The van der Waals surface area contributed by atoms with Gasteiger partial charge in [0.25, 0.3) is 5.91 Å². The first-order chi connectivity index (χ1) is 12.6. The highest BCUT2D eigenvalue weighted by molar-refractivity contribution is 5.85. The standard InChI is InChI=1S/C21H30N2O3/c1-3-16(2)19(17-8-5-4-6-9-17)21(25)23-13-11-22(12-14-23)20(24)18-10-7-15-26-18/h4-6,8-9,16,18-19H,3,7,10-15H2,1-2H3. The van der Waals surface area contributed by atoms with Crippen LogP contribution >= 0.6 is 0 Å². The molecule has 2 aliphatic rings. The van der Waals surface area contributed by atoms with E-state index < -0.39 is 0 Å². The fourth-order valence-corrected chi connectivity index (χ4v) is 3.93. The van der Waals surface area contributed by atoms with E-state index in [0.717, 1.165) is 24.8 Å². The van der Waals surface area contributed by atoms with Crippen LogP contribution in [0, 0.1) is 5.92 Å². The number of hydrogen-bond acceptors (Lipinski definition) is 3. The lowest BCUT2D eigenvalue weighted by Gasteiger charge is -2.38. The molecule has 2 saturated heterocycles. The quantitative estimate of drug-likeness (QED) is 0.813. The first-order valence-corrected chi connectivity index (χ1v) is 9.86. The maximum absolute atomic E-state index is 13.2. The monoisotopic (exact) mass is 358 g/mol. The van der Waals surface area contributed by atoms with Crippen LogP contribution in [0.5, 0.6) is 0 Å². The lowest BCUT2D eigenvalue weighted by Crippen LogP contribution is -2.54. The number of piperazine rings is 1. The van der Waals surface area contributed by atoms with Gasteiger partial charge in [0.2, 0.25) is 5.91 Å². The summed E-state index contributed by atoms with van der Waals surface area (Å²) < 4.78 is 5.51. The van der Waals surface area contributed by atoms with Crippen molar-refractivity contribution in [3.63, 3.8) is 0 Å². The number of nitrogens with zero attached hydrogens (tertiary/aromatic N) is 2. The van der Waals surface area contributed by atoms with E-state index in [1.165, 1.54) is 0 Å². The number of carbonyl (C=O) groups excluding carboxylic acids is 2. The van der Waals surface area contributed by atoms with Crippen LogP contribution in [0.15, 0.2) is 30.3 Å². The van der Waals surface area contributed by atoms with Crippen LogP contribution in [0.2, 0.25) is 0 Å². The summed E-state index contributed by atoms with van der Waals surface area (Å²) in [6.07, 6.45) is 2.47. The topological polar surface area (TPSA) is 49.9 Å². The summed E-state index contributed by atoms with van der Waals surface area (Å²) in [5.74, 6) is 0.462. The molecule has 3 rings (SSSR count). The molecule has 2 amide bonds. The summed E-state index contributed by atoms with van der Waals surface area (Å²) in [7, 11) is 0. The summed E-state index contributed by atoms with van der Waals surface area (Å²) in [4.78, 5) is 29.5. The number of benzene rings is 1. The molecule has 0 N–H and O–H groups in total. The first kappa shape index (κ1) is 18.9. The van der Waals surface area contributed by atoms with E-state index in [-0.39, 0.29) is 29.8 Å². The first-order valence-electron chi connectivity index (χ1n) is 9.86. The van der Waals surface area contributed by atoms with Crippen molar-refractivity contribution in [2.24, 2.45) is 5.92 Å². The second-order valence-corrected chi connectivity index (χ2v) is 7.43. The van der Waals surface area contributed by atoms with Crippen molar-refractivity contribution < 1.29 is 14.3 Å². The molecular formula is C21H30N2O3. The molecule has 5 heteroatoms. The smallest absolute Gasteiger partial charge is 0.251 e. The van der Waals surface area contributed by atoms with Gasteiger partial charge < -0.3 is 14.5 Å². The third-order valence-electron chi connectivity index (χ3n) is 5.75. The molecule has 1 aromatic carbocycles. The third-order valence-corrected chi connectivity index (χ3v) is 5.75. The van der Waals surface area contributed by atoms with E-state index in [4.69, 9.17) is 4.74 Å². The molecule has 3 unspecified atom stereocenters. The minimum absolute atomic E-state index is 0.0936. The maximum Gasteiger partial charge on any atom is 0.251 e. The molecule has 3 atom stereocenters. The van der Waals surface area contributed by atoms with E-state index in [1.54, 1.807) is 0 Å². The van der Waals surface area contributed by atoms with Crippen molar-refractivity contribution in [1.29, 1.82) is 0 Å². The van der Waals surface area contributed by atoms with Gasteiger partial charge in [0.05, 0.1) is 5.92 Å². The van der Waals surface area contributed by atoms with E-state index in [0.29, 0.717) is 32.8 Å². The average Bonchev–Trinajstić information content (AvgIpc) is 3.23. The van der Waals surface area contributed by atoms with Crippen LogP contribution in [0.4, 0.5) is 0 Å². The largest absolute Gasteiger partial charge is 0.368 e. The fraction of sp³-hybridized carbons (Fsp3) is 0.619. The van der Waals surface area contributed by atoms with Crippen molar-refractivity contribution in [3.8, 4) is 0 Å². The van der Waals surface area contributed by atoms with Crippen molar-refractivity contribution in [1.82, 2.24) is 9.80 Å². The molecule has 2 heterocycles. The van der Waals surface area contributed by atoms with E-state index in [1.807, 2.05) is 40.1 Å². The highest BCUT2D eigenvalue weighted by Gasteiger charge is 2.34. The summed E-state index contributed by atoms with van der Waals surface area (Å²) in [6, 6.07) is 10.1. The summed E-state index contributed by atoms with van der Waals surface area (Å²) in [6.45, 7) is 7.38. The highest BCUT2D eigenvalue weighted by Crippen LogP contribution is 2.29. The zero-order valence-electron chi connectivity index (χ0n) is 15.9. The Morgan fingerprint density at radius 1 is 1.12 bits per heavy atom. The second kappa shape index (κ2) is 8.67. The molecule has 5 nitrogen and oxygen atoms in total. The van der Waals surface area contributed by atoms with Crippen LogP contribution in [-0.4, -0.2) is 60.5 Å². The van der Waals surface area contributed by atoms with Crippen molar-refractivity contribution in [2.45, 2.75) is 45.1 Å². The number of ether oxygens (including phenoxy) is 1. The minimum atomic E-state index is -0.269. The highest BCUT2D eigenvalue weighted by atomic mass is 16.5. The molecule has 0 aromatic heterocycles. The van der Waals surface area contributed by atoms with Gasteiger partial charge >= 0.3 is 0 Å². The van der Waals surface area contributed by atoms with Gasteiger partial charge in [-0.05, 0) is 24.3 Å². The zero-order chi connectivity index (χ0) is 18.5. The lowest BCUT2D eigenvalue weighted by molar-refractivity contribution is -0.146. The van der Waals surface area contributed by atoms with E-state index in [9.17, 15) is 9.59 Å². The molecule has 0 saturated carbocycles. The Labute approximate surface area is 156 Å². The predicted octanol–water partition coefficient (Wildman–Crippen LogP) is 2.67. The predicted molar refractivity (Wildman–Crippen MR) is 101 cm³/mol. The third kappa shape index (κ3) is 4.09. The van der Waals surface area contributed by atoms with Gasteiger partial charge in [0.1, 0.15) is 6.10 Å². The SMILES string of the molecule is CCC(C)C(C(=O)N1CCN(C(=O)C2CCCO2)CC1)c1ccccc1. The summed E-state index contributed by atoms with van der Waals surface area (Å²) in [5.41, 5.74) is 1.09. The molecule has 2 fully saturated rings. The Morgan fingerprint density at radius 2 is 1.77 bits per heavy atom. The molecule has 142 valence electrons. The van der Waals surface area contributed by atoms with Gasteiger partial charge in [-0.3, -0.25) is 9.59 Å². The van der Waals surface area contributed by atoms with Gasteiger partial charge in [-0.15, -0.1) is 0 Å². The Morgan fingerprint density at radius 3 is 2.35 bits per heavy atom. The molecule has 1 aromatic rings. The van der Waals surface area contributed by atoms with Crippen LogP contribution < -0.4 is 0 Å². The zero-order valence-corrected chi connectivity index (χ0v) is 15.9. The van der Waals surface area contributed by atoms with E-state index in [2.05, 4.69) is 13.8 Å². The Balaban J connectivity index is 1.63. The van der Waals surface area contributed by atoms with Gasteiger partial charge in [0.15, 0.2) is 0 Å². The van der Waals surface area contributed by atoms with Crippen molar-refractivity contribution in [2.75, 3.05) is 32.8 Å². The summed E-state index contributed by atoms with van der Waals surface area (Å²) >= 11 is 0. The molecule has 0 spiro atoms. The molecule has 0 aliphatic carbocycles. The molecule has 2 aliphatic heterocycles. The lowest BCUT2D eigenvalue weighted by atomic mass is 9.84. The van der Waals surface area contributed by atoms with Gasteiger partial charge in [-0.1, -0.05) is 50.6 Å². The molecule has 0 bridgehead atoms. The average molecular weight is 358 g/mol. The minimum Gasteiger partial charge on any atom is -0.368 e. The Bertz CT molecular complexity index is 605. The van der Waals surface area contributed by atoms with Crippen LogP contribution in [0.1, 0.15) is 44.6 Å². The van der Waals surface area contributed by atoms with Crippen molar-refractivity contribution >= 4 is 11.8 Å². The second-order valence-electron chi connectivity index (χ2n) is 7.43. The normalized spacial score (nSPS) is 22.9. The van der Waals surface area contributed by atoms with Gasteiger partial charge in [-0.25, -0.2) is 0 Å². The Kier molecular flexibility index (Phi) is 6.30. The van der Waals surface area contributed by atoms with Crippen LogP contribution in [0.3, 0.4) is 0 Å². The molecular weight excluding hydrogens is 328 g/mol. The molecule has 0 radical (unpaired) electrons. The maximum atomic E-state index is 13.2. The van der Waals surface area contributed by atoms with Crippen LogP contribution in [0.25, 0.3) is 0 Å². The number of hydrogen-bond donors (Lipinski definition) is 0. The van der Waals surface area contributed by atoms with E-state index >= 15 is 0 Å². The fourth-order valence-electron chi connectivity index (χ4n) is 3.93. The van der Waals surface area contributed by atoms with Crippen LogP contribution in [-0.2, 0) is 14.3 Å².